The smallest absolute Gasteiger partial charge is 0.329 e. The van der Waals surface area contributed by atoms with Crippen molar-refractivity contribution in [1.82, 2.24) is 34.2 Å². The second-order valence-corrected chi connectivity index (χ2v) is 8.36. The number of pyridine rings is 1. The number of H-pyrrole nitrogens is 1. The standard InChI is InChI=1S/C21H27N7O/c1-12(2)28-19-15(27(4)21(28)29)10-23-20-17(19)16(13-5-7-22-8-6-13)18(25-20)14-9-24-26(3)11-14/h9-13,22H,5-8H2,1-4H3,(H,23,25). The number of fused-ring (bicyclic) bond motifs is 3. The van der Waals surface area contributed by atoms with Crippen LogP contribution >= 0.6 is 0 Å². The first-order chi connectivity index (χ1) is 14.0. The van der Waals surface area contributed by atoms with E-state index in [-0.39, 0.29) is 11.7 Å². The van der Waals surface area contributed by atoms with Crippen molar-refractivity contribution in [3.63, 3.8) is 0 Å². The molecule has 0 bridgehead atoms. The number of hydrogen-bond donors (Lipinski definition) is 2. The molecule has 1 saturated heterocycles. The predicted molar refractivity (Wildman–Crippen MR) is 114 cm³/mol. The molecule has 152 valence electrons. The summed E-state index contributed by atoms with van der Waals surface area (Å²) in [5, 5.41) is 8.93. The number of nitrogens with one attached hydrogen (secondary N) is 2. The molecule has 0 unspecified atom stereocenters. The van der Waals surface area contributed by atoms with Gasteiger partial charge in [-0.15, -0.1) is 0 Å². The average Bonchev–Trinajstić information content (AvgIpc) is 3.37. The van der Waals surface area contributed by atoms with E-state index in [1.165, 1.54) is 5.56 Å². The first kappa shape index (κ1) is 18.2. The van der Waals surface area contributed by atoms with Crippen LogP contribution in [0.25, 0.3) is 33.3 Å². The number of nitrogens with zero attached hydrogens (tertiary/aromatic N) is 5. The molecule has 29 heavy (non-hydrogen) atoms. The van der Waals surface area contributed by atoms with Gasteiger partial charge in [0.25, 0.3) is 0 Å². The van der Waals surface area contributed by atoms with Crippen LogP contribution in [0.2, 0.25) is 0 Å². The molecule has 1 aliphatic heterocycles. The Morgan fingerprint density at radius 1 is 1.17 bits per heavy atom. The lowest BCUT2D eigenvalue weighted by molar-refractivity contribution is 0.463. The molecule has 5 heterocycles. The number of aromatic amines is 1. The van der Waals surface area contributed by atoms with E-state index in [0.29, 0.717) is 5.92 Å². The highest BCUT2D eigenvalue weighted by atomic mass is 16.1. The van der Waals surface area contributed by atoms with Gasteiger partial charge in [0.05, 0.1) is 29.1 Å². The number of piperidine rings is 1. The van der Waals surface area contributed by atoms with Crippen molar-refractivity contribution in [3.8, 4) is 11.3 Å². The van der Waals surface area contributed by atoms with Crippen LogP contribution in [0.1, 0.15) is 44.2 Å². The molecular weight excluding hydrogens is 366 g/mol. The SMILES string of the molecule is CC(C)n1c(=O)n(C)c2cnc3[nH]c(-c4cnn(C)c4)c(C4CCNCC4)c3c21. The van der Waals surface area contributed by atoms with Crippen LogP contribution in [0.15, 0.2) is 23.4 Å². The van der Waals surface area contributed by atoms with Gasteiger partial charge in [-0.3, -0.25) is 13.8 Å². The van der Waals surface area contributed by atoms with Crippen molar-refractivity contribution in [2.45, 2.75) is 38.6 Å². The molecule has 0 aliphatic carbocycles. The van der Waals surface area contributed by atoms with Crippen LogP contribution in [-0.2, 0) is 14.1 Å². The fourth-order valence-corrected chi connectivity index (χ4v) is 4.78. The molecule has 0 atom stereocenters. The highest BCUT2D eigenvalue weighted by Gasteiger charge is 2.28. The van der Waals surface area contributed by atoms with Gasteiger partial charge in [-0.05, 0) is 51.3 Å². The van der Waals surface area contributed by atoms with E-state index >= 15 is 0 Å². The summed E-state index contributed by atoms with van der Waals surface area (Å²) in [4.78, 5) is 21.3. The van der Waals surface area contributed by atoms with E-state index < -0.39 is 0 Å². The minimum absolute atomic E-state index is 0.00434. The van der Waals surface area contributed by atoms with E-state index in [1.54, 1.807) is 4.57 Å². The van der Waals surface area contributed by atoms with Crippen molar-refractivity contribution >= 4 is 22.1 Å². The number of aromatic nitrogens is 6. The highest BCUT2D eigenvalue weighted by molar-refractivity contribution is 6.06. The van der Waals surface area contributed by atoms with E-state index in [4.69, 9.17) is 4.98 Å². The maximum absolute atomic E-state index is 13.0. The predicted octanol–water partition coefficient (Wildman–Crippen LogP) is 2.66. The largest absolute Gasteiger partial charge is 0.339 e. The summed E-state index contributed by atoms with van der Waals surface area (Å²) >= 11 is 0. The Kier molecular flexibility index (Phi) is 4.13. The van der Waals surface area contributed by atoms with Crippen molar-refractivity contribution in [2.75, 3.05) is 13.1 Å². The van der Waals surface area contributed by atoms with Gasteiger partial charge in [0.2, 0.25) is 0 Å². The molecule has 5 rings (SSSR count). The number of hydrogen-bond acceptors (Lipinski definition) is 4. The first-order valence-electron chi connectivity index (χ1n) is 10.3. The van der Waals surface area contributed by atoms with Crippen molar-refractivity contribution in [2.24, 2.45) is 14.1 Å². The van der Waals surface area contributed by atoms with E-state index in [2.05, 4.69) is 29.2 Å². The molecule has 4 aromatic rings. The molecule has 8 nitrogen and oxygen atoms in total. The van der Waals surface area contributed by atoms with Gasteiger partial charge < -0.3 is 10.3 Å². The highest BCUT2D eigenvalue weighted by Crippen LogP contribution is 2.41. The molecule has 0 radical (unpaired) electrons. The lowest BCUT2D eigenvalue weighted by Crippen LogP contribution is -2.27. The third-order valence-electron chi connectivity index (χ3n) is 6.17. The molecule has 4 aromatic heterocycles. The summed E-state index contributed by atoms with van der Waals surface area (Å²) in [5.41, 5.74) is 6.11. The summed E-state index contributed by atoms with van der Waals surface area (Å²) in [6.45, 7) is 6.12. The van der Waals surface area contributed by atoms with Gasteiger partial charge in [-0.1, -0.05) is 0 Å². The quantitative estimate of drug-likeness (QED) is 0.560. The zero-order valence-electron chi connectivity index (χ0n) is 17.4. The molecule has 0 saturated carbocycles. The summed E-state index contributed by atoms with van der Waals surface area (Å²) < 4.78 is 5.44. The molecule has 1 fully saturated rings. The van der Waals surface area contributed by atoms with Crippen LogP contribution in [0.4, 0.5) is 0 Å². The summed E-state index contributed by atoms with van der Waals surface area (Å²) in [7, 11) is 3.76. The van der Waals surface area contributed by atoms with E-state index in [9.17, 15) is 4.79 Å². The van der Waals surface area contributed by atoms with Gasteiger partial charge >= 0.3 is 5.69 Å². The van der Waals surface area contributed by atoms with Gasteiger partial charge in [0.15, 0.2) is 0 Å². The van der Waals surface area contributed by atoms with Crippen molar-refractivity contribution in [3.05, 3.63) is 34.6 Å². The molecule has 2 N–H and O–H groups in total. The first-order valence-corrected chi connectivity index (χ1v) is 10.3. The third-order valence-corrected chi connectivity index (χ3v) is 6.17. The second-order valence-electron chi connectivity index (χ2n) is 8.36. The number of rotatable bonds is 3. The summed E-state index contributed by atoms with van der Waals surface area (Å²) in [6, 6.07) is 0.0643. The molecular formula is C21H27N7O. The zero-order valence-corrected chi connectivity index (χ0v) is 17.4. The number of imidazole rings is 1. The minimum atomic E-state index is 0.00434. The monoisotopic (exact) mass is 393 g/mol. The molecule has 0 amide bonds. The average molecular weight is 393 g/mol. The van der Waals surface area contributed by atoms with Gasteiger partial charge in [0, 0.05) is 37.3 Å². The lowest BCUT2D eigenvalue weighted by atomic mass is 9.87. The van der Waals surface area contributed by atoms with Crippen LogP contribution in [0.5, 0.6) is 0 Å². The Labute approximate surface area is 168 Å². The topological polar surface area (TPSA) is 85.5 Å². The lowest BCUT2D eigenvalue weighted by Gasteiger charge is -2.24. The van der Waals surface area contributed by atoms with Crippen LogP contribution in [0.3, 0.4) is 0 Å². The zero-order chi connectivity index (χ0) is 20.3. The van der Waals surface area contributed by atoms with Gasteiger partial charge in [0.1, 0.15) is 5.65 Å². The van der Waals surface area contributed by atoms with Crippen LogP contribution < -0.4 is 11.0 Å². The maximum atomic E-state index is 13.0. The van der Waals surface area contributed by atoms with Crippen molar-refractivity contribution in [1.29, 1.82) is 0 Å². The third kappa shape index (κ3) is 2.66. The van der Waals surface area contributed by atoms with Gasteiger partial charge in [-0.2, -0.15) is 5.10 Å². The Bertz CT molecular complexity index is 1260. The van der Waals surface area contributed by atoms with E-state index in [0.717, 1.165) is 59.3 Å². The second kappa shape index (κ2) is 6.59. The van der Waals surface area contributed by atoms with Gasteiger partial charge in [-0.25, -0.2) is 9.78 Å². The summed E-state index contributed by atoms with van der Waals surface area (Å²) in [6.07, 6.45) is 7.87. The molecule has 0 spiro atoms. The normalized spacial score (nSPS) is 15.9. The van der Waals surface area contributed by atoms with Crippen LogP contribution in [0, 0.1) is 0 Å². The minimum Gasteiger partial charge on any atom is -0.339 e. The molecule has 1 aliphatic rings. The van der Waals surface area contributed by atoms with Crippen molar-refractivity contribution < 1.29 is 0 Å². The number of aryl methyl sites for hydroxylation is 2. The Balaban J connectivity index is 1.93. The fraction of sp³-hybridized carbons (Fsp3) is 0.476. The fourth-order valence-electron chi connectivity index (χ4n) is 4.78. The maximum Gasteiger partial charge on any atom is 0.329 e. The van der Waals surface area contributed by atoms with E-state index in [1.807, 2.05) is 41.9 Å². The Morgan fingerprint density at radius 3 is 2.59 bits per heavy atom. The Hall–Kier alpha value is -2.87. The van der Waals surface area contributed by atoms with Crippen LogP contribution in [-0.4, -0.2) is 42.0 Å². The Morgan fingerprint density at radius 2 is 1.93 bits per heavy atom. The molecule has 0 aromatic carbocycles. The summed E-state index contributed by atoms with van der Waals surface area (Å²) in [5.74, 6) is 0.406. The molecule has 8 heteroatoms.